The summed E-state index contributed by atoms with van der Waals surface area (Å²) < 4.78 is 0. The molecule has 1 aliphatic rings. The topological polar surface area (TPSA) is 70.5 Å². The number of nitrogens with zero attached hydrogens (tertiary/aromatic N) is 2. The summed E-state index contributed by atoms with van der Waals surface area (Å²) in [6, 6.07) is 4.36. The third-order valence-electron chi connectivity index (χ3n) is 3.18. The second-order valence-corrected chi connectivity index (χ2v) is 4.42. The van der Waals surface area contributed by atoms with Crippen LogP contribution < -0.4 is 0 Å². The van der Waals surface area contributed by atoms with Crippen LogP contribution in [0.5, 0.6) is 0 Å². The van der Waals surface area contributed by atoms with Crippen molar-refractivity contribution in [2.45, 2.75) is 31.7 Å². The Bertz CT molecular complexity index is 433. The van der Waals surface area contributed by atoms with Gasteiger partial charge in [0, 0.05) is 12.7 Å². The molecule has 1 fully saturated rings. The second-order valence-electron chi connectivity index (χ2n) is 4.42. The number of hydrogen-bond donors (Lipinski definition) is 1. The summed E-state index contributed by atoms with van der Waals surface area (Å²) in [7, 11) is 0. The molecule has 1 saturated heterocycles. The van der Waals surface area contributed by atoms with E-state index in [0.717, 1.165) is 19.3 Å². The molecule has 5 nitrogen and oxygen atoms in total. The second kappa shape index (κ2) is 5.62. The maximum absolute atomic E-state index is 12.3. The minimum Gasteiger partial charge on any atom is -0.480 e. The van der Waals surface area contributed by atoms with E-state index in [1.807, 2.05) is 0 Å². The number of carbonyl (C=O) groups is 2. The SMILES string of the molecule is O=C(O)C1CCCCCN1C(=O)c1ccccn1. The molecule has 2 heterocycles. The van der Waals surface area contributed by atoms with E-state index in [1.165, 1.54) is 4.90 Å². The number of amides is 1. The van der Waals surface area contributed by atoms with Gasteiger partial charge in [0.25, 0.3) is 5.91 Å². The molecule has 1 N–H and O–H groups in total. The lowest BCUT2D eigenvalue weighted by Gasteiger charge is -2.26. The molecule has 0 aromatic carbocycles. The highest BCUT2D eigenvalue weighted by Crippen LogP contribution is 2.19. The van der Waals surface area contributed by atoms with E-state index in [4.69, 9.17) is 0 Å². The van der Waals surface area contributed by atoms with Gasteiger partial charge in [-0.05, 0) is 25.0 Å². The summed E-state index contributed by atoms with van der Waals surface area (Å²) in [4.78, 5) is 28.9. The Morgan fingerprint density at radius 3 is 2.78 bits per heavy atom. The first-order valence-electron chi connectivity index (χ1n) is 6.15. The van der Waals surface area contributed by atoms with Crippen molar-refractivity contribution >= 4 is 11.9 Å². The molecular formula is C13H16N2O3. The van der Waals surface area contributed by atoms with E-state index in [-0.39, 0.29) is 5.91 Å². The van der Waals surface area contributed by atoms with Crippen LogP contribution in [0.15, 0.2) is 24.4 Å². The summed E-state index contributed by atoms with van der Waals surface area (Å²) in [6.45, 7) is 0.492. The molecule has 1 amide bonds. The quantitative estimate of drug-likeness (QED) is 0.862. The van der Waals surface area contributed by atoms with Crippen LogP contribution in [0.3, 0.4) is 0 Å². The highest BCUT2D eigenvalue weighted by molar-refractivity contribution is 5.95. The number of pyridine rings is 1. The standard InChI is InChI=1S/C13H16N2O3/c16-12(10-6-3-4-8-14-10)15-9-5-1-2-7-11(15)13(17)18/h3-4,6,8,11H,1-2,5,7,9H2,(H,17,18). The number of aliphatic carboxylic acids is 1. The first kappa shape index (κ1) is 12.5. The first-order valence-corrected chi connectivity index (χ1v) is 6.15. The minimum atomic E-state index is -0.929. The molecule has 96 valence electrons. The van der Waals surface area contributed by atoms with Gasteiger partial charge in [0.1, 0.15) is 11.7 Å². The maximum atomic E-state index is 12.3. The number of carboxylic acids is 1. The van der Waals surface area contributed by atoms with Crippen LogP contribution in [0.25, 0.3) is 0 Å². The lowest BCUT2D eigenvalue weighted by Crippen LogP contribution is -2.44. The van der Waals surface area contributed by atoms with Crippen LogP contribution in [0.1, 0.15) is 36.2 Å². The molecule has 5 heteroatoms. The molecule has 0 radical (unpaired) electrons. The molecule has 1 aliphatic heterocycles. The largest absolute Gasteiger partial charge is 0.480 e. The fourth-order valence-electron chi connectivity index (χ4n) is 2.24. The molecule has 0 saturated carbocycles. The zero-order chi connectivity index (χ0) is 13.0. The molecule has 1 aromatic heterocycles. The summed E-state index contributed by atoms with van der Waals surface area (Å²) in [6.07, 6.45) is 4.73. The number of likely N-dealkylation sites (tertiary alicyclic amines) is 1. The molecule has 1 unspecified atom stereocenters. The van der Waals surface area contributed by atoms with E-state index < -0.39 is 12.0 Å². The third-order valence-corrected chi connectivity index (χ3v) is 3.18. The lowest BCUT2D eigenvalue weighted by molar-refractivity contribution is -0.142. The van der Waals surface area contributed by atoms with Crippen molar-refractivity contribution in [1.82, 2.24) is 9.88 Å². The smallest absolute Gasteiger partial charge is 0.326 e. The molecule has 0 bridgehead atoms. The van der Waals surface area contributed by atoms with Crippen LogP contribution in [-0.2, 0) is 4.79 Å². The van der Waals surface area contributed by atoms with Crippen LogP contribution in [0, 0.1) is 0 Å². The predicted molar refractivity (Wildman–Crippen MR) is 65.2 cm³/mol. The molecule has 0 spiro atoms. The van der Waals surface area contributed by atoms with Crippen molar-refractivity contribution in [3.8, 4) is 0 Å². The third kappa shape index (κ3) is 2.67. The Hall–Kier alpha value is -1.91. The van der Waals surface area contributed by atoms with Gasteiger partial charge in [0.05, 0.1) is 0 Å². The summed E-state index contributed by atoms with van der Waals surface area (Å²) in [5.74, 6) is -1.22. The normalized spacial score (nSPS) is 20.2. The van der Waals surface area contributed by atoms with Gasteiger partial charge in [-0.2, -0.15) is 0 Å². The number of hydrogen-bond acceptors (Lipinski definition) is 3. The van der Waals surface area contributed by atoms with Crippen LogP contribution in [0.4, 0.5) is 0 Å². The van der Waals surface area contributed by atoms with E-state index in [1.54, 1.807) is 24.4 Å². The van der Waals surface area contributed by atoms with E-state index in [2.05, 4.69) is 4.98 Å². The Morgan fingerprint density at radius 1 is 1.28 bits per heavy atom. The molecule has 0 aliphatic carbocycles. The lowest BCUT2D eigenvalue weighted by atomic mass is 10.1. The average molecular weight is 248 g/mol. The molecule has 1 aromatic rings. The van der Waals surface area contributed by atoms with Crippen molar-refractivity contribution in [1.29, 1.82) is 0 Å². The van der Waals surface area contributed by atoms with Crippen LogP contribution in [-0.4, -0.2) is 39.5 Å². The first-order chi connectivity index (χ1) is 8.70. The van der Waals surface area contributed by atoms with Crippen molar-refractivity contribution in [3.05, 3.63) is 30.1 Å². The highest BCUT2D eigenvalue weighted by atomic mass is 16.4. The number of carbonyl (C=O) groups excluding carboxylic acids is 1. The summed E-state index contributed by atoms with van der Waals surface area (Å²) in [5, 5.41) is 9.22. The van der Waals surface area contributed by atoms with Crippen molar-refractivity contribution in [2.75, 3.05) is 6.54 Å². The van der Waals surface area contributed by atoms with Crippen molar-refractivity contribution in [3.63, 3.8) is 0 Å². The van der Waals surface area contributed by atoms with Gasteiger partial charge in [0.15, 0.2) is 0 Å². The molecule has 2 rings (SSSR count). The van der Waals surface area contributed by atoms with Gasteiger partial charge in [0.2, 0.25) is 0 Å². The summed E-state index contributed by atoms with van der Waals surface area (Å²) >= 11 is 0. The fourth-order valence-corrected chi connectivity index (χ4v) is 2.24. The number of rotatable bonds is 2. The number of carboxylic acid groups (broad SMARTS) is 1. The zero-order valence-corrected chi connectivity index (χ0v) is 10.1. The molecular weight excluding hydrogens is 232 g/mol. The van der Waals surface area contributed by atoms with Gasteiger partial charge < -0.3 is 10.0 Å². The van der Waals surface area contributed by atoms with Gasteiger partial charge in [-0.25, -0.2) is 4.79 Å². The predicted octanol–water partition coefficient (Wildman–Crippen LogP) is 1.55. The Morgan fingerprint density at radius 2 is 2.11 bits per heavy atom. The van der Waals surface area contributed by atoms with E-state index in [9.17, 15) is 14.7 Å². The highest BCUT2D eigenvalue weighted by Gasteiger charge is 2.31. The van der Waals surface area contributed by atoms with E-state index in [0.29, 0.717) is 18.7 Å². The number of aromatic nitrogens is 1. The monoisotopic (exact) mass is 248 g/mol. The Kier molecular flexibility index (Phi) is 3.92. The fraction of sp³-hybridized carbons (Fsp3) is 0.462. The Labute approximate surface area is 105 Å². The minimum absolute atomic E-state index is 0.287. The van der Waals surface area contributed by atoms with Gasteiger partial charge in [-0.15, -0.1) is 0 Å². The van der Waals surface area contributed by atoms with Crippen LogP contribution >= 0.6 is 0 Å². The zero-order valence-electron chi connectivity index (χ0n) is 10.1. The van der Waals surface area contributed by atoms with Crippen molar-refractivity contribution in [2.24, 2.45) is 0 Å². The van der Waals surface area contributed by atoms with Gasteiger partial charge >= 0.3 is 5.97 Å². The molecule has 1 atom stereocenters. The summed E-state index contributed by atoms with van der Waals surface area (Å²) in [5.41, 5.74) is 0.311. The van der Waals surface area contributed by atoms with E-state index >= 15 is 0 Å². The maximum Gasteiger partial charge on any atom is 0.326 e. The Balaban J connectivity index is 2.22. The molecule has 18 heavy (non-hydrogen) atoms. The van der Waals surface area contributed by atoms with Crippen molar-refractivity contribution < 1.29 is 14.7 Å². The van der Waals surface area contributed by atoms with Gasteiger partial charge in [-0.3, -0.25) is 9.78 Å². The average Bonchev–Trinajstić information content (AvgIpc) is 2.64. The van der Waals surface area contributed by atoms with Gasteiger partial charge in [-0.1, -0.05) is 18.9 Å². The van der Waals surface area contributed by atoms with Crippen LogP contribution in [0.2, 0.25) is 0 Å².